The zero-order valence-electron chi connectivity index (χ0n) is 15.6. The predicted molar refractivity (Wildman–Crippen MR) is 112 cm³/mol. The van der Waals surface area contributed by atoms with Gasteiger partial charge >= 0.3 is 0 Å². The highest BCUT2D eigenvalue weighted by Crippen LogP contribution is 2.30. The molecule has 1 aliphatic heterocycles. The highest BCUT2D eigenvalue weighted by atomic mass is 32.2. The minimum Gasteiger partial charge on any atom is -0.482 e. The second kappa shape index (κ2) is 7.88. The second-order valence-corrected chi connectivity index (χ2v) is 8.18. The van der Waals surface area contributed by atoms with Crippen molar-refractivity contribution in [1.82, 2.24) is 0 Å². The van der Waals surface area contributed by atoms with E-state index in [9.17, 15) is 18.0 Å². The standard InChI is InChI=1S/C21H17N3O5S/c25-20-13-29-19-10-9-15(12-18(19)23-20)22-21(26)14-5-4-6-16(11-14)24-30(27,28)17-7-2-1-3-8-17/h1-12,24H,13H2,(H,22,26)(H,23,25). The molecule has 30 heavy (non-hydrogen) atoms. The smallest absolute Gasteiger partial charge is 0.262 e. The first-order valence-corrected chi connectivity index (χ1v) is 10.4. The summed E-state index contributed by atoms with van der Waals surface area (Å²) in [5.41, 5.74) is 1.45. The van der Waals surface area contributed by atoms with Crippen LogP contribution in [0.4, 0.5) is 17.1 Å². The molecule has 0 aliphatic carbocycles. The van der Waals surface area contributed by atoms with Gasteiger partial charge in [0.15, 0.2) is 6.61 Å². The van der Waals surface area contributed by atoms with Gasteiger partial charge in [-0.3, -0.25) is 14.3 Å². The highest BCUT2D eigenvalue weighted by Gasteiger charge is 2.18. The van der Waals surface area contributed by atoms with Gasteiger partial charge in [-0.05, 0) is 48.5 Å². The lowest BCUT2D eigenvalue weighted by Crippen LogP contribution is -2.25. The molecule has 0 aromatic heterocycles. The molecule has 1 heterocycles. The molecule has 0 spiro atoms. The fraction of sp³-hybridized carbons (Fsp3) is 0.0476. The molecular weight excluding hydrogens is 406 g/mol. The van der Waals surface area contributed by atoms with Crippen molar-refractivity contribution in [3.8, 4) is 5.75 Å². The molecule has 0 radical (unpaired) electrons. The third-order valence-electron chi connectivity index (χ3n) is 4.30. The average molecular weight is 423 g/mol. The van der Waals surface area contributed by atoms with Crippen LogP contribution in [0.1, 0.15) is 10.4 Å². The van der Waals surface area contributed by atoms with Crippen LogP contribution >= 0.6 is 0 Å². The van der Waals surface area contributed by atoms with Gasteiger partial charge in [0.05, 0.1) is 10.6 Å². The van der Waals surface area contributed by atoms with Gasteiger partial charge in [0, 0.05) is 16.9 Å². The maximum Gasteiger partial charge on any atom is 0.262 e. The Hall–Kier alpha value is -3.85. The number of carbonyl (C=O) groups excluding carboxylic acids is 2. The number of carbonyl (C=O) groups is 2. The Morgan fingerprint density at radius 3 is 2.53 bits per heavy atom. The van der Waals surface area contributed by atoms with E-state index in [0.717, 1.165) is 0 Å². The Morgan fingerprint density at radius 2 is 1.73 bits per heavy atom. The second-order valence-electron chi connectivity index (χ2n) is 6.50. The molecule has 0 bridgehead atoms. The van der Waals surface area contributed by atoms with Gasteiger partial charge in [-0.15, -0.1) is 0 Å². The van der Waals surface area contributed by atoms with Gasteiger partial charge < -0.3 is 15.4 Å². The van der Waals surface area contributed by atoms with E-state index in [0.29, 0.717) is 17.1 Å². The predicted octanol–water partition coefficient (Wildman–Crippen LogP) is 3.07. The van der Waals surface area contributed by atoms with Crippen LogP contribution in [0, 0.1) is 0 Å². The van der Waals surface area contributed by atoms with Gasteiger partial charge in [-0.1, -0.05) is 24.3 Å². The summed E-state index contributed by atoms with van der Waals surface area (Å²) in [6, 6.07) is 19.0. The summed E-state index contributed by atoms with van der Waals surface area (Å²) in [5.74, 6) is -0.187. The molecule has 0 atom stereocenters. The Labute approximate surface area is 172 Å². The minimum atomic E-state index is -3.77. The monoisotopic (exact) mass is 423 g/mol. The normalized spacial score (nSPS) is 12.9. The lowest BCUT2D eigenvalue weighted by molar-refractivity contribution is -0.118. The quantitative estimate of drug-likeness (QED) is 0.584. The van der Waals surface area contributed by atoms with E-state index in [2.05, 4.69) is 15.4 Å². The van der Waals surface area contributed by atoms with Gasteiger partial charge in [0.1, 0.15) is 5.75 Å². The molecule has 3 aromatic rings. The Morgan fingerprint density at radius 1 is 0.933 bits per heavy atom. The fourth-order valence-electron chi connectivity index (χ4n) is 2.90. The van der Waals surface area contributed by atoms with Crippen LogP contribution < -0.4 is 20.1 Å². The van der Waals surface area contributed by atoms with Gasteiger partial charge in [0.2, 0.25) is 0 Å². The van der Waals surface area contributed by atoms with Crippen LogP contribution in [0.3, 0.4) is 0 Å². The Kier molecular flexibility index (Phi) is 5.11. The van der Waals surface area contributed by atoms with Crippen molar-refractivity contribution >= 4 is 38.9 Å². The first kappa shape index (κ1) is 19.5. The number of hydrogen-bond donors (Lipinski definition) is 3. The van der Waals surface area contributed by atoms with E-state index in [1.165, 1.54) is 18.2 Å². The van der Waals surface area contributed by atoms with Crippen molar-refractivity contribution in [2.45, 2.75) is 4.90 Å². The molecular formula is C21H17N3O5S. The van der Waals surface area contributed by atoms with E-state index in [-0.39, 0.29) is 28.7 Å². The van der Waals surface area contributed by atoms with Crippen LogP contribution in [0.2, 0.25) is 0 Å². The zero-order chi connectivity index (χ0) is 21.1. The first-order chi connectivity index (χ1) is 14.4. The summed E-state index contributed by atoms with van der Waals surface area (Å²) in [7, 11) is -3.77. The number of fused-ring (bicyclic) bond motifs is 1. The van der Waals surface area contributed by atoms with E-state index in [1.807, 2.05) is 0 Å². The summed E-state index contributed by atoms with van der Waals surface area (Å²) in [6.07, 6.45) is 0. The summed E-state index contributed by atoms with van der Waals surface area (Å²) in [4.78, 5) is 24.2. The van der Waals surface area contributed by atoms with Crippen LogP contribution in [-0.4, -0.2) is 26.8 Å². The van der Waals surface area contributed by atoms with Crippen LogP contribution in [0.15, 0.2) is 77.7 Å². The third-order valence-corrected chi connectivity index (χ3v) is 5.70. The number of amides is 2. The molecule has 1 aliphatic rings. The molecule has 2 amide bonds. The molecule has 4 rings (SSSR count). The molecule has 152 valence electrons. The van der Waals surface area contributed by atoms with E-state index >= 15 is 0 Å². The lowest BCUT2D eigenvalue weighted by atomic mass is 10.1. The number of sulfonamides is 1. The van der Waals surface area contributed by atoms with Crippen molar-refractivity contribution in [2.24, 2.45) is 0 Å². The third kappa shape index (κ3) is 4.26. The maximum absolute atomic E-state index is 12.6. The number of rotatable bonds is 5. The number of anilines is 3. The van der Waals surface area contributed by atoms with E-state index in [1.54, 1.807) is 54.6 Å². The van der Waals surface area contributed by atoms with E-state index < -0.39 is 15.9 Å². The number of benzene rings is 3. The number of hydrogen-bond acceptors (Lipinski definition) is 5. The van der Waals surface area contributed by atoms with Crippen molar-refractivity contribution in [3.05, 3.63) is 78.4 Å². The van der Waals surface area contributed by atoms with Gasteiger partial charge in [0.25, 0.3) is 21.8 Å². The van der Waals surface area contributed by atoms with Crippen LogP contribution in [0.25, 0.3) is 0 Å². The molecule has 0 unspecified atom stereocenters. The van der Waals surface area contributed by atoms with Crippen molar-refractivity contribution < 1.29 is 22.7 Å². The first-order valence-electron chi connectivity index (χ1n) is 8.97. The Bertz CT molecular complexity index is 1230. The lowest BCUT2D eigenvalue weighted by Gasteiger charge is -2.18. The molecule has 0 saturated carbocycles. The van der Waals surface area contributed by atoms with Crippen molar-refractivity contribution in [3.63, 3.8) is 0 Å². The zero-order valence-corrected chi connectivity index (χ0v) is 16.4. The molecule has 3 aromatic carbocycles. The minimum absolute atomic E-state index is 0.0512. The van der Waals surface area contributed by atoms with Crippen molar-refractivity contribution in [2.75, 3.05) is 22.0 Å². The average Bonchev–Trinajstić information content (AvgIpc) is 2.74. The SMILES string of the molecule is O=C1COc2ccc(NC(=O)c3cccc(NS(=O)(=O)c4ccccc4)c3)cc2N1. The van der Waals surface area contributed by atoms with Crippen molar-refractivity contribution in [1.29, 1.82) is 0 Å². The molecule has 8 nitrogen and oxygen atoms in total. The summed E-state index contributed by atoms with van der Waals surface area (Å²) in [5, 5.41) is 5.39. The van der Waals surface area contributed by atoms with Gasteiger partial charge in [-0.25, -0.2) is 8.42 Å². The Balaban J connectivity index is 1.51. The fourth-order valence-corrected chi connectivity index (χ4v) is 3.97. The van der Waals surface area contributed by atoms with Crippen LogP contribution in [0.5, 0.6) is 5.75 Å². The topological polar surface area (TPSA) is 114 Å². The summed E-state index contributed by atoms with van der Waals surface area (Å²) < 4.78 is 32.7. The van der Waals surface area contributed by atoms with Gasteiger partial charge in [-0.2, -0.15) is 0 Å². The van der Waals surface area contributed by atoms with E-state index in [4.69, 9.17) is 4.74 Å². The molecule has 0 saturated heterocycles. The van der Waals surface area contributed by atoms with Crippen LogP contribution in [-0.2, 0) is 14.8 Å². The summed E-state index contributed by atoms with van der Waals surface area (Å²) in [6.45, 7) is -0.0512. The maximum atomic E-state index is 12.6. The largest absolute Gasteiger partial charge is 0.482 e. The molecule has 0 fully saturated rings. The number of ether oxygens (including phenoxy) is 1. The summed E-state index contributed by atoms with van der Waals surface area (Å²) >= 11 is 0. The molecule has 3 N–H and O–H groups in total. The number of nitrogens with one attached hydrogen (secondary N) is 3. The highest BCUT2D eigenvalue weighted by molar-refractivity contribution is 7.92. The molecule has 9 heteroatoms.